The van der Waals surface area contributed by atoms with Gasteiger partial charge in [0.2, 0.25) is 0 Å². The van der Waals surface area contributed by atoms with Crippen LogP contribution in [0.1, 0.15) is 37.2 Å². The molecule has 7 nitrogen and oxygen atoms in total. The number of hydrogen-bond donors (Lipinski definition) is 0. The number of carbonyl (C=O) groups is 1. The predicted molar refractivity (Wildman–Crippen MR) is 107 cm³/mol. The monoisotopic (exact) mass is 368 g/mol. The van der Waals surface area contributed by atoms with Crippen molar-refractivity contribution in [2.24, 2.45) is 0 Å². The first kappa shape index (κ1) is 19.1. The van der Waals surface area contributed by atoms with Gasteiger partial charge in [-0.3, -0.25) is 4.79 Å². The van der Waals surface area contributed by atoms with Crippen LogP contribution in [-0.2, 0) is 0 Å². The molecule has 27 heavy (non-hydrogen) atoms. The Kier molecular flexibility index (Phi) is 6.57. The quantitative estimate of drug-likeness (QED) is 0.748. The number of amides is 1. The van der Waals surface area contributed by atoms with Crippen LogP contribution in [0.15, 0.2) is 36.8 Å². The van der Waals surface area contributed by atoms with Gasteiger partial charge < -0.3 is 14.7 Å². The molecule has 0 saturated carbocycles. The number of nitrogens with zero attached hydrogens (tertiary/aromatic N) is 6. The van der Waals surface area contributed by atoms with Crippen molar-refractivity contribution in [3.05, 3.63) is 42.5 Å². The normalized spacial score (nSPS) is 14.3. The highest BCUT2D eigenvalue weighted by Gasteiger charge is 2.20. The van der Waals surface area contributed by atoms with Gasteiger partial charge in [0.15, 0.2) is 0 Å². The molecule has 1 fully saturated rings. The first-order chi connectivity index (χ1) is 13.2. The minimum atomic E-state index is -0.0299. The summed E-state index contributed by atoms with van der Waals surface area (Å²) in [5, 5.41) is 0. The molecule has 1 aliphatic heterocycles. The first-order valence-electron chi connectivity index (χ1n) is 9.75. The number of aromatic nitrogens is 3. The van der Waals surface area contributed by atoms with Gasteiger partial charge >= 0.3 is 0 Å². The van der Waals surface area contributed by atoms with E-state index >= 15 is 0 Å². The Morgan fingerprint density at radius 1 is 0.926 bits per heavy atom. The zero-order valence-electron chi connectivity index (χ0n) is 16.2. The first-order valence-corrected chi connectivity index (χ1v) is 9.75. The Bertz CT molecular complexity index is 707. The van der Waals surface area contributed by atoms with Crippen molar-refractivity contribution in [3.8, 4) is 0 Å². The van der Waals surface area contributed by atoms with Gasteiger partial charge in [-0.2, -0.15) is 0 Å². The summed E-state index contributed by atoms with van der Waals surface area (Å²) in [5.41, 5.74) is 0.424. The molecule has 0 bridgehead atoms. The maximum atomic E-state index is 12.6. The van der Waals surface area contributed by atoms with Crippen LogP contribution in [-0.4, -0.2) is 65.0 Å². The molecule has 0 aromatic carbocycles. The number of hydrogen-bond acceptors (Lipinski definition) is 6. The molecule has 1 aliphatic rings. The molecular weight excluding hydrogens is 340 g/mol. The van der Waals surface area contributed by atoms with Gasteiger partial charge in [0.1, 0.15) is 17.3 Å². The molecule has 3 rings (SSSR count). The third-order valence-corrected chi connectivity index (χ3v) is 4.71. The molecular formula is C20H28N6O. The van der Waals surface area contributed by atoms with Gasteiger partial charge in [-0.25, -0.2) is 15.0 Å². The van der Waals surface area contributed by atoms with E-state index in [2.05, 4.69) is 38.6 Å². The minimum Gasteiger partial charge on any atom is -0.353 e. The summed E-state index contributed by atoms with van der Waals surface area (Å²) < 4.78 is 0. The Labute approximate surface area is 161 Å². The van der Waals surface area contributed by atoms with E-state index in [1.165, 1.54) is 0 Å². The van der Waals surface area contributed by atoms with Crippen molar-refractivity contribution in [3.63, 3.8) is 0 Å². The molecule has 0 radical (unpaired) electrons. The zero-order chi connectivity index (χ0) is 19.1. The fraction of sp³-hybridized carbons (Fsp3) is 0.500. The molecule has 0 unspecified atom stereocenters. The molecule has 1 saturated heterocycles. The van der Waals surface area contributed by atoms with Crippen LogP contribution in [0.2, 0.25) is 0 Å². The Morgan fingerprint density at radius 2 is 1.59 bits per heavy atom. The Morgan fingerprint density at radius 3 is 2.11 bits per heavy atom. The van der Waals surface area contributed by atoms with Crippen LogP contribution >= 0.6 is 0 Å². The van der Waals surface area contributed by atoms with Gasteiger partial charge in [0.05, 0.1) is 12.4 Å². The van der Waals surface area contributed by atoms with Crippen LogP contribution in [0, 0.1) is 0 Å². The predicted octanol–water partition coefficient (Wildman–Crippen LogP) is 2.46. The largest absolute Gasteiger partial charge is 0.353 e. The van der Waals surface area contributed by atoms with Crippen molar-refractivity contribution in [2.75, 3.05) is 49.1 Å². The second kappa shape index (κ2) is 9.30. The molecule has 2 aromatic rings. The van der Waals surface area contributed by atoms with Gasteiger partial charge in [0, 0.05) is 45.5 Å². The Balaban J connectivity index is 1.60. The maximum absolute atomic E-state index is 12.6. The topological polar surface area (TPSA) is 65.5 Å². The number of anilines is 2. The van der Waals surface area contributed by atoms with Gasteiger partial charge in [-0.1, -0.05) is 19.9 Å². The average Bonchev–Trinajstić information content (AvgIpc) is 2.74. The zero-order valence-corrected chi connectivity index (χ0v) is 16.2. The molecule has 3 heterocycles. The summed E-state index contributed by atoms with van der Waals surface area (Å²) in [6.07, 6.45) is 7.04. The maximum Gasteiger partial charge on any atom is 0.274 e. The fourth-order valence-electron chi connectivity index (χ4n) is 3.32. The van der Waals surface area contributed by atoms with E-state index in [1.54, 1.807) is 12.4 Å². The SMILES string of the molecule is CCCN(CCC)C(=O)c1cnc(N2CCN(c3ccccn3)CC2)cn1. The summed E-state index contributed by atoms with van der Waals surface area (Å²) >= 11 is 0. The van der Waals surface area contributed by atoms with Crippen LogP contribution in [0.3, 0.4) is 0 Å². The standard InChI is InChI=1S/C20H28N6O/c1-3-9-26(10-4-2)20(27)17-15-23-19(16-22-17)25-13-11-24(12-14-25)18-7-5-6-8-21-18/h5-8,15-16H,3-4,9-14H2,1-2H3. The summed E-state index contributed by atoms with van der Waals surface area (Å²) in [6, 6.07) is 5.98. The number of piperazine rings is 1. The molecule has 0 aliphatic carbocycles. The van der Waals surface area contributed by atoms with Crippen molar-refractivity contribution in [1.82, 2.24) is 19.9 Å². The molecule has 1 amide bonds. The number of carbonyl (C=O) groups excluding carboxylic acids is 1. The van der Waals surface area contributed by atoms with E-state index in [0.717, 1.165) is 63.7 Å². The van der Waals surface area contributed by atoms with Gasteiger partial charge in [-0.05, 0) is 25.0 Å². The number of pyridine rings is 1. The van der Waals surface area contributed by atoms with E-state index < -0.39 is 0 Å². The van der Waals surface area contributed by atoms with Crippen LogP contribution in [0.25, 0.3) is 0 Å². The summed E-state index contributed by atoms with van der Waals surface area (Å²) in [7, 11) is 0. The summed E-state index contributed by atoms with van der Waals surface area (Å²) in [5.74, 6) is 1.80. The molecule has 0 N–H and O–H groups in total. The van der Waals surface area contributed by atoms with Crippen molar-refractivity contribution in [2.45, 2.75) is 26.7 Å². The second-order valence-corrected chi connectivity index (χ2v) is 6.71. The van der Waals surface area contributed by atoms with Gasteiger partial charge in [0.25, 0.3) is 5.91 Å². The molecule has 2 aromatic heterocycles. The molecule has 144 valence electrons. The lowest BCUT2D eigenvalue weighted by atomic mass is 10.3. The third-order valence-electron chi connectivity index (χ3n) is 4.71. The fourth-order valence-corrected chi connectivity index (χ4v) is 3.32. The van der Waals surface area contributed by atoms with Crippen molar-refractivity contribution >= 4 is 17.5 Å². The van der Waals surface area contributed by atoms with E-state index in [-0.39, 0.29) is 5.91 Å². The minimum absolute atomic E-state index is 0.0299. The van der Waals surface area contributed by atoms with Crippen molar-refractivity contribution in [1.29, 1.82) is 0 Å². The lowest BCUT2D eigenvalue weighted by Gasteiger charge is -2.35. The van der Waals surface area contributed by atoms with E-state index in [9.17, 15) is 4.79 Å². The highest BCUT2D eigenvalue weighted by atomic mass is 16.2. The highest BCUT2D eigenvalue weighted by molar-refractivity contribution is 5.92. The average molecular weight is 368 g/mol. The van der Waals surface area contributed by atoms with Crippen LogP contribution in [0.5, 0.6) is 0 Å². The third kappa shape index (κ3) is 4.72. The number of rotatable bonds is 7. The lowest BCUT2D eigenvalue weighted by molar-refractivity contribution is 0.0749. The molecule has 0 atom stereocenters. The van der Waals surface area contributed by atoms with E-state index in [1.807, 2.05) is 29.3 Å². The molecule has 7 heteroatoms. The second-order valence-electron chi connectivity index (χ2n) is 6.71. The highest BCUT2D eigenvalue weighted by Crippen LogP contribution is 2.17. The Hall–Kier alpha value is -2.70. The van der Waals surface area contributed by atoms with Crippen molar-refractivity contribution < 1.29 is 4.79 Å². The van der Waals surface area contributed by atoms with Gasteiger partial charge in [-0.15, -0.1) is 0 Å². The van der Waals surface area contributed by atoms with E-state index in [4.69, 9.17) is 0 Å². The smallest absolute Gasteiger partial charge is 0.274 e. The van der Waals surface area contributed by atoms with E-state index in [0.29, 0.717) is 5.69 Å². The van der Waals surface area contributed by atoms with Crippen LogP contribution in [0.4, 0.5) is 11.6 Å². The van der Waals surface area contributed by atoms with Crippen LogP contribution < -0.4 is 9.80 Å². The summed E-state index contributed by atoms with van der Waals surface area (Å²) in [4.78, 5) is 32.3. The lowest BCUT2D eigenvalue weighted by Crippen LogP contribution is -2.47. The summed E-state index contributed by atoms with van der Waals surface area (Å²) in [6.45, 7) is 9.16. The molecule has 0 spiro atoms.